The summed E-state index contributed by atoms with van der Waals surface area (Å²) in [6, 6.07) is 11.1. The molecular weight excluding hydrogens is 220 g/mol. The zero-order valence-corrected chi connectivity index (χ0v) is 9.79. The Kier molecular flexibility index (Phi) is 5.72. The Morgan fingerprint density at radius 1 is 1.29 bits per heavy atom. The minimum absolute atomic E-state index is 0.130. The maximum absolute atomic E-state index is 8.94. The van der Waals surface area contributed by atoms with Crippen LogP contribution in [0.5, 0.6) is 0 Å². The molecule has 0 saturated heterocycles. The molecule has 5 nitrogen and oxygen atoms in total. The molecule has 0 unspecified atom stereocenters. The molecule has 0 amide bonds. The minimum atomic E-state index is -0.491. The number of hydrogen-bond donors (Lipinski definition) is 0. The van der Waals surface area contributed by atoms with Gasteiger partial charge in [-0.3, -0.25) is 0 Å². The smallest absolute Gasteiger partial charge is 0.193 e. The van der Waals surface area contributed by atoms with Gasteiger partial charge >= 0.3 is 0 Å². The van der Waals surface area contributed by atoms with Gasteiger partial charge in [-0.05, 0) is 0 Å². The number of methoxy groups -OCH3 is 2. The van der Waals surface area contributed by atoms with Crippen molar-refractivity contribution in [2.45, 2.75) is 6.29 Å². The van der Waals surface area contributed by atoms with Crippen LogP contribution in [0.15, 0.2) is 35.5 Å². The number of nitriles is 1. The predicted octanol–water partition coefficient (Wildman–Crippen LogP) is 1.55. The van der Waals surface area contributed by atoms with E-state index in [1.807, 2.05) is 24.3 Å². The first-order chi connectivity index (χ1) is 8.31. The molecule has 1 aromatic carbocycles. The molecular formula is C12H14N2O3. The van der Waals surface area contributed by atoms with Crippen molar-refractivity contribution in [3.05, 3.63) is 35.9 Å². The fourth-order valence-corrected chi connectivity index (χ4v) is 1.13. The van der Waals surface area contributed by atoms with E-state index in [1.165, 1.54) is 14.2 Å². The predicted molar refractivity (Wildman–Crippen MR) is 62.4 cm³/mol. The molecule has 0 atom stereocenters. The average molecular weight is 234 g/mol. The van der Waals surface area contributed by atoms with E-state index in [2.05, 4.69) is 5.16 Å². The highest BCUT2D eigenvalue weighted by Crippen LogP contribution is 2.01. The van der Waals surface area contributed by atoms with Crippen LogP contribution in [-0.4, -0.2) is 32.8 Å². The third-order valence-corrected chi connectivity index (χ3v) is 2.05. The van der Waals surface area contributed by atoms with E-state index >= 15 is 0 Å². The lowest BCUT2D eigenvalue weighted by Crippen LogP contribution is -2.19. The molecule has 0 aliphatic heterocycles. The number of hydrogen-bond acceptors (Lipinski definition) is 5. The Labute approximate surface area is 100 Å². The van der Waals surface area contributed by atoms with Gasteiger partial charge in [0.05, 0.1) is 0 Å². The van der Waals surface area contributed by atoms with E-state index in [0.717, 1.165) is 0 Å². The maximum atomic E-state index is 8.94. The van der Waals surface area contributed by atoms with Crippen molar-refractivity contribution in [3.8, 4) is 6.07 Å². The lowest BCUT2D eigenvalue weighted by molar-refractivity contribution is -0.139. The molecule has 0 heterocycles. The van der Waals surface area contributed by atoms with Gasteiger partial charge in [0.2, 0.25) is 0 Å². The molecule has 1 rings (SSSR count). The van der Waals surface area contributed by atoms with Gasteiger partial charge in [-0.15, -0.1) is 0 Å². The second-order valence-corrected chi connectivity index (χ2v) is 3.11. The Bertz CT molecular complexity index is 394. The van der Waals surface area contributed by atoms with Crippen LogP contribution in [0.25, 0.3) is 0 Å². The molecule has 0 aliphatic carbocycles. The number of ether oxygens (including phenoxy) is 2. The number of oxime groups is 1. The van der Waals surface area contributed by atoms with Crippen LogP contribution in [0.2, 0.25) is 0 Å². The quantitative estimate of drug-likeness (QED) is 0.425. The van der Waals surface area contributed by atoms with Crippen LogP contribution >= 0.6 is 0 Å². The fraction of sp³-hybridized carbons (Fsp3) is 0.333. The zero-order chi connectivity index (χ0) is 12.5. The van der Waals surface area contributed by atoms with E-state index in [9.17, 15) is 0 Å². The van der Waals surface area contributed by atoms with Crippen LogP contribution < -0.4 is 0 Å². The summed E-state index contributed by atoms with van der Waals surface area (Å²) in [7, 11) is 3.01. The van der Waals surface area contributed by atoms with Crippen LogP contribution in [0, 0.1) is 11.3 Å². The van der Waals surface area contributed by atoms with Crippen molar-refractivity contribution >= 4 is 5.71 Å². The van der Waals surface area contributed by atoms with Crippen molar-refractivity contribution in [1.82, 2.24) is 0 Å². The molecule has 1 aromatic rings. The zero-order valence-electron chi connectivity index (χ0n) is 9.79. The average Bonchev–Trinajstić information content (AvgIpc) is 2.40. The summed E-state index contributed by atoms with van der Waals surface area (Å²) < 4.78 is 9.84. The van der Waals surface area contributed by atoms with E-state index in [4.69, 9.17) is 19.6 Å². The van der Waals surface area contributed by atoms with Gasteiger partial charge in [0.1, 0.15) is 6.07 Å². The third-order valence-electron chi connectivity index (χ3n) is 2.05. The van der Waals surface area contributed by atoms with Crippen LogP contribution in [0.3, 0.4) is 0 Å². The van der Waals surface area contributed by atoms with E-state index < -0.39 is 6.29 Å². The molecule has 90 valence electrons. The van der Waals surface area contributed by atoms with Crippen molar-refractivity contribution in [2.75, 3.05) is 20.8 Å². The molecule has 0 spiro atoms. The largest absolute Gasteiger partial charge is 0.389 e. The van der Waals surface area contributed by atoms with Gasteiger partial charge in [0.25, 0.3) is 0 Å². The fourth-order valence-electron chi connectivity index (χ4n) is 1.13. The molecule has 0 fully saturated rings. The first kappa shape index (κ1) is 13.2. The van der Waals surface area contributed by atoms with Crippen LogP contribution in [0.4, 0.5) is 0 Å². The molecule has 0 N–H and O–H groups in total. The third kappa shape index (κ3) is 4.23. The van der Waals surface area contributed by atoms with E-state index in [1.54, 1.807) is 12.1 Å². The summed E-state index contributed by atoms with van der Waals surface area (Å²) in [5, 5.41) is 12.7. The van der Waals surface area contributed by atoms with Gasteiger partial charge in [0, 0.05) is 19.8 Å². The molecule has 5 heteroatoms. The lowest BCUT2D eigenvalue weighted by Gasteiger charge is -2.11. The molecule has 0 aliphatic rings. The van der Waals surface area contributed by atoms with E-state index in [0.29, 0.717) is 5.56 Å². The van der Waals surface area contributed by atoms with Crippen molar-refractivity contribution in [2.24, 2.45) is 5.16 Å². The minimum Gasteiger partial charge on any atom is -0.389 e. The van der Waals surface area contributed by atoms with Crippen molar-refractivity contribution in [3.63, 3.8) is 0 Å². The Morgan fingerprint density at radius 3 is 2.47 bits per heavy atom. The topological polar surface area (TPSA) is 63.8 Å². The Balaban J connectivity index is 2.61. The standard InChI is InChI=1S/C12H14N2O3/c1-15-12(16-2)9-17-14-11(8-13)10-6-4-3-5-7-10/h3-7,12H,9H2,1-2H3. The van der Waals surface area contributed by atoms with Crippen molar-refractivity contribution < 1.29 is 14.3 Å². The maximum Gasteiger partial charge on any atom is 0.193 e. The van der Waals surface area contributed by atoms with Gasteiger partial charge in [-0.2, -0.15) is 5.26 Å². The number of rotatable bonds is 6. The highest BCUT2D eigenvalue weighted by Gasteiger charge is 2.06. The number of benzene rings is 1. The summed E-state index contributed by atoms with van der Waals surface area (Å²) in [5.74, 6) is 0. The summed E-state index contributed by atoms with van der Waals surface area (Å²) >= 11 is 0. The molecule has 17 heavy (non-hydrogen) atoms. The number of nitrogens with zero attached hydrogens (tertiary/aromatic N) is 2. The summed E-state index contributed by atoms with van der Waals surface area (Å²) in [5.41, 5.74) is 0.929. The van der Waals surface area contributed by atoms with Gasteiger partial charge < -0.3 is 14.3 Å². The Morgan fingerprint density at radius 2 is 1.94 bits per heavy atom. The first-order valence-corrected chi connectivity index (χ1v) is 5.03. The summed E-state index contributed by atoms with van der Waals surface area (Å²) in [4.78, 5) is 5.00. The second kappa shape index (κ2) is 7.39. The lowest BCUT2D eigenvalue weighted by atomic mass is 10.1. The SMILES string of the molecule is COC(CON=C(C#N)c1ccccc1)OC. The summed E-state index contributed by atoms with van der Waals surface area (Å²) in [6.07, 6.45) is -0.491. The van der Waals surface area contributed by atoms with Crippen LogP contribution in [-0.2, 0) is 14.3 Å². The molecule has 0 aromatic heterocycles. The highest BCUT2D eigenvalue weighted by atomic mass is 16.7. The summed E-state index contributed by atoms with van der Waals surface area (Å²) in [6.45, 7) is 0.130. The second-order valence-electron chi connectivity index (χ2n) is 3.11. The highest BCUT2D eigenvalue weighted by molar-refractivity contribution is 6.11. The molecule has 0 radical (unpaired) electrons. The normalized spacial score (nSPS) is 11.3. The van der Waals surface area contributed by atoms with Gasteiger partial charge in [-0.1, -0.05) is 35.5 Å². The molecule has 0 bridgehead atoms. The van der Waals surface area contributed by atoms with Crippen LogP contribution in [0.1, 0.15) is 5.56 Å². The van der Waals surface area contributed by atoms with Gasteiger partial charge in [-0.25, -0.2) is 0 Å². The van der Waals surface area contributed by atoms with E-state index in [-0.39, 0.29) is 12.3 Å². The molecule has 0 saturated carbocycles. The van der Waals surface area contributed by atoms with Gasteiger partial charge in [0.15, 0.2) is 18.6 Å². The van der Waals surface area contributed by atoms with Crippen molar-refractivity contribution in [1.29, 1.82) is 5.26 Å². The first-order valence-electron chi connectivity index (χ1n) is 5.03. The monoisotopic (exact) mass is 234 g/mol. The Hall–Kier alpha value is -1.90.